The second-order valence-corrected chi connectivity index (χ2v) is 5.04. The molecule has 1 aliphatic rings. The molecule has 0 saturated carbocycles. The van der Waals surface area contributed by atoms with E-state index in [0.29, 0.717) is 18.1 Å². The normalized spacial score (nSPS) is 17.9. The van der Waals surface area contributed by atoms with Crippen molar-refractivity contribution in [3.05, 3.63) is 15.8 Å². The molecule has 0 radical (unpaired) electrons. The number of aromatic nitrogens is 2. The molecule has 1 aromatic heterocycles. The first-order valence-corrected chi connectivity index (χ1v) is 6.74. The van der Waals surface area contributed by atoms with Crippen molar-refractivity contribution in [1.29, 1.82) is 0 Å². The van der Waals surface area contributed by atoms with E-state index in [-0.39, 0.29) is 16.7 Å². The van der Waals surface area contributed by atoms with Crippen molar-refractivity contribution < 1.29 is 9.66 Å². The van der Waals surface area contributed by atoms with Gasteiger partial charge in [-0.2, -0.15) is 5.10 Å². The number of nitrogens with zero attached hydrogens (tertiary/aromatic N) is 4. The van der Waals surface area contributed by atoms with E-state index >= 15 is 0 Å². The molecule has 1 N–H and O–H groups in total. The number of hydrogen-bond acceptors (Lipinski definition) is 6. The Morgan fingerprint density at radius 2 is 2.15 bits per heavy atom. The van der Waals surface area contributed by atoms with E-state index < -0.39 is 0 Å². The van der Waals surface area contributed by atoms with Crippen molar-refractivity contribution in [2.45, 2.75) is 19.9 Å². The van der Waals surface area contributed by atoms with Crippen molar-refractivity contribution in [1.82, 2.24) is 14.7 Å². The van der Waals surface area contributed by atoms with Crippen molar-refractivity contribution in [3.63, 3.8) is 0 Å². The monoisotopic (exact) mass is 283 g/mol. The summed E-state index contributed by atoms with van der Waals surface area (Å²) in [5.74, 6) is 0.465. The molecule has 0 aromatic carbocycles. The summed E-state index contributed by atoms with van der Waals surface area (Å²) >= 11 is 0. The standard InChI is InChI=1S/C12H21N5O3/c1-9(16-4-6-20-7-5-16)8-13-12-11(17(18)19)10(2)14-15(12)3/h9,13H,4-8H2,1-3H3. The summed E-state index contributed by atoms with van der Waals surface area (Å²) in [5, 5.41) is 18.3. The lowest BCUT2D eigenvalue weighted by molar-refractivity contribution is -0.384. The summed E-state index contributed by atoms with van der Waals surface area (Å²) < 4.78 is 6.85. The van der Waals surface area contributed by atoms with Crippen molar-refractivity contribution in [3.8, 4) is 0 Å². The van der Waals surface area contributed by atoms with E-state index in [4.69, 9.17) is 4.74 Å². The number of nitro groups is 1. The topological polar surface area (TPSA) is 85.5 Å². The third kappa shape index (κ3) is 3.07. The summed E-state index contributed by atoms with van der Waals surface area (Å²) in [4.78, 5) is 13.0. The van der Waals surface area contributed by atoms with E-state index in [1.54, 1.807) is 14.0 Å². The number of anilines is 1. The molecular formula is C12H21N5O3. The quantitative estimate of drug-likeness (QED) is 0.634. The molecule has 0 bridgehead atoms. The highest BCUT2D eigenvalue weighted by Gasteiger charge is 2.25. The molecule has 0 spiro atoms. The Kier molecular flexibility index (Phi) is 4.56. The summed E-state index contributed by atoms with van der Waals surface area (Å²) in [7, 11) is 1.71. The summed E-state index contributed by atoms with van der Waals surface area (Å²) in [5.41, 5.74) is 0.487. The van der Waals surface area contributed by atoms with Gasteiger partial charge in [0.2, 0.25) is 5.82 Å². The molecule has 1 saturated heterocycles. The summed E-state index contributed by atoms with van der Waals surface area (Å²) in [6, 6.07) is 0.286. The predicted octanol–water partition coefficient (Wildman–Crippen LogP) is 0.769. The zero-order chi connectivity index (χ0) is 14.7. The molecule has 1 unspecified atom stereocenters. The molecule has 0 aliphatic carbocycles. The fourth-order valence-electron chi connectivity index (χ4n) is 2.46. The SMILES string of the molecule is Cc1nn(C)c(NCC(C)N2CCOCC2)c1[N+](=O)[O-]. The third-order valence-corrected chi connectivity index (χ3v) is 3.61. The van der Waals surface area contributed by atoms with Crippen molar-refractivity contribution >= 4 is 11.5 Å². The molecule has 0 amide bonds. The fraction of sp³-hybridized carbons (Fsp3) is 0.750. The van der Waals surface area contributed by atoms with Gasteiger partial charge in [0, 0.05) is 32.7 Å². The Morgan fingerprint density at radius 3 is 2.75 bits per heavy atom. The molecule has 8 nitrogen and oxygen atoms in total. The van der Waals surface area contributed by atoms with Gasteiger partial charge in [-0.3, -0.25) is 15.0 Å². The largest absolute Gasteiger partial charge is 0.379 e. The van der Waals surface area contributed by atoms with Crippen LogP contribution in [-0.2, 0) is 11.8 Å². The van der Waals surface area contributed by atoms with Crippen LogP contribution in [0.15, 0.2) is 0 Å². The van der Waals surface area contributed by atoms with E-state index in [1.165, 1.54) is 4.68 Å². The van der Waals surface area contributed by atoms with Crippen LogP contribution in [0, 0.1) is 17.0 Å². The highest BCUT2D eigenvalue weighted by molar-refractivity contribution is 5.59. The maximum absolute atomic E-state index is 11.1. The molecule has 1 atom stereocenters. The average molecular weight is 283 g/mol. The molecule has 8 heteroatoms. The minimum Gasteiger partial charge on any atom is -0.379 e. The minimum atomic E-state index is -0.385. The highest BCUT2D eigenvalue weighted by atomic mass is 16.6. The van der Waals surface area contributed by atoms with E-state index in [0.717, 1.165) is 26.3 Å². The Morgan fingerprint density at radius 1 is 1.50 bits per heavy atom. The maximum Gasteiger partial charge on any atom is 0.333 e. The Balaban J connectivity index is 2.01. The predicted molar refractivity (Wildman–Crippen MR) is 74.9 cm³/mol. The lowest BCUT2D eigenvalue weighted by Gasteiger charge is -2.32. The maximum atomic E-state index is 11.1. The van der Waals surface area contributed by atoms with Crippen LogP contribution >= 0.6 is 0 Å². The van der Waals surface area contributed by atoms with Gasteiger partial charge in [0.1, 0.15) is 5.69 Å². The number of rotatable bonds is 5. The fourth-order valence-corrected chi connectivity index (χ4v) is 2.46. The lowest BCUT2D eigenvalue weighted by atomic mass is 10.2. The first-order valence-electron chi connectivity index (χ1n) is 6.74. The van der Waals surface area contributed by atoms with Crippen LogP contribution in [0.25, 0.3) is 0 Å². The van der Waals surface area contributed by atoms with Gasteiger partial charge in [-0.15, -0.1) is 0 Å². The van der Waals surface area contributed by atoms with E-state index in [1.807, 2.05) is 0 Å². The summed E-state index contributed by atoms with van der Waals surface area (Å²) in [6.45, 7) is 7.68. The number of ether oxygens (including phenoxy) is 1. The van der Waals surface area contributed by atoms with Crippen molar-refractivity contribution in [2.24, 2.45) is 7.05 Å². The van der Waals surface area contributed by atoms with Crippen LogP contribution in [0.2, 0.25) is 0 Å². The van der Waals surface area contributed by atoms with Crippen LogP contribution in [0.5, 0.6) is 0 Å². The van der Waals surface area contributed by atoms with Gasteiger partial charge in [0.15, 0.2) is 0 Å². The zero-order valence-corrected chi connectivity index (χ0v) is 12.1. The molecule has 1 fully saturated rings. The van der Waals surface area contributed by atoms with Gasteiger partial charge >= 0.3 is 5.69 Å². The number of morpholine rings is 1. The van der Waals surface area contributed by atoms with Crippen molar-refractivity contribution in [2.75, 3.05) is 38.2 Å². The van der Waals surface area contributed by atoms with E-state index in [2.05, 4.69) is 22.2 Å². The van der Waals surface area contributed by atoms with Gasteiger partial charge < -0.3 is 10.1 Å². The molecule has 20 heavy (non-hydrogen) atoms. The van der Waals surface area contributed by atoms with Crippen LogP contribution in [0.3, 0.4) is 0 Å². The lowest BCUT2D eigenvalue weighted by Crippen LogP contribution is -2.45. The second kappa shape index (κ2) is 6.19. The molecule has 1 aliphatic heterocycles. The molecule has 2 heterocycles. The Labute approximate surface area is 117 Å². The van der Waals surface area contributed by atoms with Crippen LogP contribution in [0.1, 0.15) is 12.6 Å². The third-order valence-electron chi connectivity index (χ3n) is 3.61. The second-order valence-electron chi connectivity index (χ2n) is 5.04. The summed E-state index contributed by atoms with van der Waals surface area (Å²) in [6.07, 6.45) is 0. The Hall–Kier alpha value is -1.67. The van der Waals surface area contributed by atoms with Crippen LogP contribution < -0.4 is 5.32 Å². The molecular weight excluding hydrogens is 262 g/mol. The van der Waals surface area contributed by atoms with Gasteiger partial charge in [0.05, 0.1) is 18.1 Å². The minimum absolute atomic E-state index is 0.0571. The smallest absolute Gasteiger partial charge is 0.333 e. The number of hydrogen-bond donors (Lipinski definition) is 1. The van der Waals surface area contributed by atoms with Gasteiger partial charge in [0.25, 0.3) is 0 Å². The van der Waals surface area contributed by atoms with Gasteiger partial charge in [-0.05, 0) is 13.8 Å². The number of nitrogens with one attached hydrogen (secondary N) is 1. The first kappa shape index (κ1) is 14.7. The van der Waals surface area contributed by atoms with Gasteiger partial charge in [-0.25, -0.2) is 4.68 Å². The highest BCUT2D eigenvalue weighted by Crippen LogP contribution is 2.27. The van der Waals surface area contributed by atoms with Crippen LogP contribution in [-0.4, -0.2) is 58.5 Å². The molecule has 2 rings (SSSR count). The van der Waals surface area contributed by atoms with Crippen LogP contribution in [0.4, 0.5) is 11.5 Å². The molecule has 112 valence electrons. The first-order chi connectivity index (χ1) is 9.50. The number of aryl methyl sites for hydroxylation is 2. The zero-order valence-electron chi connectivity index (χ0n) is 12.1. The van der Waals surface area contributed by atoms with Gasteiger partial charge in [-0.1, -0.05) is 0 Å². The van der Waals surface area contributed by atoms with E-state index in [9.17, 15) is 10.1 Å². The average Bonchev–Trinajstić information content (AvgIpc) is 2.71. The molecule has 1 aromatic rings. The Bertz CT molecular complexity index is 482.